The molecule has 0 saturated carbocycles. The molecule has 4 aromatic rings. The van der Waals surface area contributed by atoms with Crippen LogP contribution in [0.1, 0.15) is 24.0 Å². The van der Waals surface area contributed by atoms with Crippen molar-refractivity contribution in [3.63, 3.8) is 0 Å². The van der Waals surface area contributed by atoms with Crippen LogP contribution in [0, 0.1) is 13.8 Å². The predicted octanol–water partition coefficient (Wildman–Crippen LogP) is 3.92. The van der Waals surface area contributed by atoms with Crippen LogP contribution in [-0.4, -0.2) is 37.6 Å². The van der Waals surface area contributed by atoms with Gasteiger partial charge in [0.2, 0.25) is 5.78 Å². The predicted molar refractivity (Wildman–Crippen MR) is 115 cm³/mol. The van der Waals surface area contributed by atoms with E-state index in [1.165, 1.54) is 0 Å². The van der Waals surface area contributed by atoms with E-state index in [2.05, 4.69) is 16.3 Å². The van der Waals surface area contributed by atoms with Crippen LogP contribution < -0.4 is 5.56 Å². The van der Waals surface area contributed by atoms with Crippen molar-refractivity contribution in [1.29, 1.82) is 0 Å². The topological polar surface area (TPSA) is 61.4 Å². The van der Waals surface area contributed by atoms with Gasteiger partial charge in [0.15, 0.2) is 5.16 Å². The van der Waals surface area contributed by atoms with Crippen molar-refractivity contribution in [3.8, 4) is 5.69 Å². The van der Waals surface area contributed by atoms with Gasteiger partial charge in [-0.25, -0.2) is 4.57 Å². The fraction of sp³-hybridized carbons (Fsp3) is 0.318. The average molecular weight is 407 g/mol. The minimum atomic E-state index is -0.0804. The summed E-state index contributed by atoms with van der Waals surface area (Å²) in [5.74, 6) is 1.37. The van der Waals surface area contributed by atoms with Gasteiger partial charge >= 0.3 is 0 Å². The van der Waals surface area contributed by atoms with Crippen molar-refractivity contribution in [3.05, 3.63) is 63.9 Å². The largest absolute Gasteiger partial charge is 0.377 e. The van der Waals surface area contributed by atoms with Crippen molar-refractivity contribution in [2.45, 2.75) is 37.9 Å². The summed E-state index contributed by atoms with van der Waals surface area (Å²) in [6.07, 6.45) is 2.45. The highest BCUT2D eigenvalue weighted by atomic mass is 32.2. The molecule has 29 heavy (non-hydrogen) atoms. The normalized spacial score (nSPS) is 16.8. The number of nitrogens with zero attached hydrogens (tertiary/aromatic N) is 4. The zero-order valence-corrected chi connectivity index (χ0v) is 17.3. The Hall–Kier alpha value is -2.64. The quantitative estimate of drug-likeness (QED) is 0.481. The summed E-state index contributed by atoms with van der Waals surface area (Å²) < 4.78 is 9.43. The van der Waals surface area contributed by atoms with Gasteiger partial charge in [0.25, 0.3) is 5.56 Å². The van der Waals surface area contributed by atoms with Crippen LogP contribution >= 0.6 is 11.8 Å². The number of aryl methyl sites for hydroxylation is 2. The van der Waals surface area contributed by atoms with E-state index in [0.29, 0.717) is 11.2 Å². The summed E-state index contributed by atoms with van der Waals surface area (Å²) in [7, 11) is 0. The Morgan fingerprint density at radius 2 is 2.03 bits per heavy atom. The lowest BCUT2D eigenvalue weighted by Crippen LogP contribution is -2.22. The van der Waals surface area contributed by atoms with Crippen LogP contribution in [0.3, 0.4) is 0 Å². The maximum Gasteiger partial charge on any atom is 0.267 e. The first-order valence-corrected chi connectivity index (χ1v) is 10.8. The minimum Gasteiger partial charge on any atom is -0.377 e. The molecule has 1 aliphatic heterocycles. The molecule has 1 saturated heterocycles. The van der Waals surface area contributed by atoms with Gasteiger partial charge in [0, 0.05) is 12.4 Å². The molecular weight excluding hydrogens is 384 g/mol. The van der Waals surface area contributed by atoms with E-state index in [-0.39, 0.29) is 11.7 Å². The maximum absolute atomic E-state index is 13.4. The zero-order chi connectivity index (χ0) is 20.0. The summed E-state index contributed by atoms with van der Waals surface area (Å²) in [6, 6.07) is 13.7. The summed E-state index contributed by atoms with van der Waals surface area (Å²) in [4.78, 5) is 13.4. The number of hydrogen-bond donors (Lipinski definition) is 0. The number of aromatic nitrogens is 4. The Labute approximate surface area is 172 Å². The van der Waals surface area contributed by atoms with Crippen molar-refractivity contribution >= 4 is 28.4 Å². The van der Waals surface area contributed by atoms with E-state index in [0.717, 1.165) is 52.7 Å². The van der Waals surface area contributed by atoms with E-state index in [1.54, 1.807) is 16.3 Å². The molecule has 7 heteroatoms. The summed E-state index contributed by atoms with van der Waals surface area (Å²) in [6.45, 7) is 4.90. The molecule has 0 aliphatic carbocycles. The van der Waals surface area contributed by atoms with E-state index in [9.17, 15) is 4.79 Å². The van der Waals surface area contributed by atoms with Gasteiger partial charge in [-0.1, -0.05) is 41.6 Å². The number of hydrogen-bond acceptors (Lipinski definition) is 5. The Balaban J connectivity index is 1.74. The molecule has 2 aromatic carbocycles. The molecule has 0 radical (unpaired) electrons. The second kappa shape index (κ2) is 7.31. The zero-order valence-electron chi connectivity index (χ0n) is 16.5. The van der Waals surface area contributed by atoms with Crippen LogP contribution in [0.15, 0.2) is 52.4 Å². The Morgan fingerprint density at radius 3 is 2.83 bits per heavy atom. The number of ether oxygens (including phenoxy) is 1. The van der Waals surface area contributed by atoms with Crippen LogP contribution in [-0.2, 0) is 4.74 Å². The molecule has 2 aromatic heterocycles. The van der Waals surface area contributed by atoms with E-state index in [4.69, 9.17) is 4.74 Å². The van der Waals surface area contributed by atoms with Crippen molar-refractivity contribution in [1.82, 2.24) is 19.2 Å². The second-order valence-corrected chi connectivity index (χ2v) is 8.50. The lowest BCUT2D eigenvalue weighted by molar-refractivity contribution is 0.129. The van der Waals surface area contributed by atoms with Gasteiger partial charge in [0.05, 0.1) is 22.7 Å². The van der Waals surface area contributed by atoms with Crippen LogP contribution in [0.2, 0.25) is 0 Å². The molecule has 0 spiro atoms. The van der Waals surface area contributed by atoms with E-state index < -0.39 is 0 Å². The molecule has 3 heterocycles. The van der Waals surface area contributed by atoms with Crippen molar-refractivity contribution in [2.24, 2.45) is 0 Å². The minimum absolute atomic E-state index is 0.0804. The van der Waals surface area contributed by atoms with Gasteiger partial charge in [0.1, 0.15) is 0 Å². The summed E-state index contributed by atoms with van der Waals surface area (Å²) in [5, 5.41) is 10.3. The maximum atomic E-state index is 13.4. The molecule has 6 nitrogen and oxygen atoms in total. The van der Waals surface area contributed by atoms with E-state index >= 15 is 0 Å². The standard InChI is InChI=1S/C22H22N4O2S/c1-14-9-10-18(15(2)12-14)25-20(27)17-7-3-4-8-19(17)26-21(25)23-24-22(26)29-13-16-6-5-11-28-16/h3-4,7-10,12,16H,5-6,11,13H2,1-2H3. The number of benzene rings is 2. The highest BCUT2D eigenvalue weighted by Crippen LogP contribution is 2.26. The number of fused-ring (bicyclic) bond motifs is 3. The number of thioether (sulfide) groups is 1. The third-order valence-corrected chi connectivity index (χ3v) is 6.47. The monoisotopic (exact) mass is 406 g/mol. The van der Waals surface area contributed by atoms with Gasteiger partial charge in [-0.2, -0.15) is 0 Å². The van der Waals surface area contributed by atoms with Gasteiger partial charge in [-0.05, 0) is 50.5 Å². The molecule has 1 atom stereocenters. The average Bonchev–Trinajstić information content (AvgIpc) is 3.38. The fourth-order valence-corrected chi connectivity index (χ4v) is 4.99. The molecule has 1 unspecified atom stereocenters. The SMILES string of the molecule is Cc1ccc(-n2c(=O)c3ccccc3n3c(SCC4CCCO4)nnc23)c(C)c1. The highest BCUT2D eigenvalue weighted by Gasteiger charge is 2.21. The number of para-hydroxylation sites is 1. The molecule has 0 bridgehead atoms. The van der Waals surface area contributed by atoms with Crippen LogP contribution in [0.4, 0.5) is 0 Å². The molecule has 1 fully saturated rings. The van der Waals surface area contributed by atoms with Gasteiger partial charge in [-0.3, -0.25) is 9.20 Å². The third-order valence-electron chi connectivity index (χ3n) is 5.41. The first-order valence-electron chi connectivity index (χ1n) is 9.84. The molecular formula is C22H22N4O2S. The van der Waals surface area contributed by atoms with Gasteiger partial charge in [-0.15, -0.1) is 10.2 Å². The summed E-state index contributed by atoms with van der Waals surface area (Å²) in [5.41, 5.74) is 3.77. The second-order valence-electron chi connectivity index (χ2n) is 7.51. The van der Waals surface area contributed by atoms with E-state index in [1.807, 2.05) is 54.6 Å². The third kappa shape index (κ3) is 3.14. The fourth-order valence-electron chi connectivity index (χ4n) is 3.99. The Morgan fingerprint density at radius 1 is 1.17 bits per heavy atom. The van der Waals surface area contributed by atoms with Crippen LogP contribution in [0.25, 0.3) is 22.4 Å². The van der Waals surface area contributed by atoms with Gasteiger partial charge < -0.3 is 4.74 Å². The van der Waals surface area contributed by atoms with Crippen molar-refractivity contribution < 1.29 is 4.74 Å². The summed E-state index contributed by atoms with van der Waals surface area (Å²) >= 11 is 1.63. The number of rotatable bonds is 4. The highest BCUT2D eigenvalue weighted by molar-refractivity contribution is 7.99. The first kappa shape index (κ1) is 18.4. The smallest absolute Gasteiger partial charge is 0.267 e. The van der Waals surface area contributed by atoms with Crippen molar-refractivity contribution in [2.75, 3.05) is 12.4 Å². The molecule has 0 N–H and O–H groups in total. The Bertz CT molecular complexity index is 1270. The first-order chi connectivity index (χ1) is 14.1. The lowest BCUT2D eigenvalue weighted by Gasteiger charge is -2.14. The molecule has 148 valence electrons. The molecule has 0 amide bonds. The lowest BCUT2D eigenvalue weighted by atomic mass is 10.1. The van der Waals surface area contributed by atoms with Crippen LogP contribution in [0.5, 0.6) is 0 Å². The molecule has 1 aliphatic rings. The Kier molecular flexibility index (Phi) is 4.64. The molecule has 5 rings (SSSR count).